The molecule has 2 aliphatic rings. The van der Waals surface area contributed by atoms with Crippen molar-refractivity contribution in [2.75, 3.05) is 18.8 Å². The van der Waals surface area contributed by atoms with Crippen LogP contribution in [0.1, 0.15) is 55.2 Å². The van der Waals surface area contributed by atoms with Crippen LogP contribution in [0.4, 0.5) is 5.69 Å². The Morgan fingerprint density at radius 2 is 2.22 bits per heavy atom. The molecule has 0 unspecified atom stereocenters. The molecule has 2 fully saturated rings. The van der Waals surface area contributed by atoms with E-state index >= 15 is 0 Å². The molecule has 5 heteroatoms. The van der Waals surface area contributed by atoms with Gasteiger partial charge in [0.25, 0.3) is 5.91 Å². The fourth-order valence-corrected chi connectivity index (χ4v) is 2.65. The van der Waals surface area contributed by atoms with E-state index in [0.717, 1.165) is 38.0 Å². The summed E-state index contributed by atoms with van der Waals surface area (Å²) >= 11 is 0. The maximum absolute atomic E-state index is 12.4. The molecule has 0 spiro atoms. The molecule has 1 saturated carbocycles. The molecule has 1 aromatic rings. The number of rotatable bonds is 2. The lowest BCUT2D eigenvalue weighted by molar-refractivity contribution is 0.0773. The number of nitrogen functional groups attached to an aromatic ring is 1. The summed E-state index contributed by atoms with van der Waals surface area (Å²) in [6, 6.07) is 0. The highest BCUT2D eigenvalue weighted by molar-refractivity contribution is 5.98. The van der Waals surface area contributed by atoms with Crippen LogP contribution >= 0.6 is 0 Å². The van der Waals surface area contributed by atoms with Gasteiger partial charge in [-0.05, 0) is 24.7 Å². The van der Waals surface area contributed by atoms with Crippen molar-refractivity contribution in [3.05, 3.63) is 11.4 Å². The number of nitrogens with one attached hydrogen (secondary N) is 1. The maximum Gasteiger partial charge on any atom is 0.276 e. The van der Waals surface area contributed by atoms with Crippen LogP contribution in [-0.2, 0) is 0 Å². The van der Waals surface area contributed by atoms with Crippen molar-refractivity contribution in [1.29, 1.82) is 0 Å². The van der Waals surface area contributed by atoms with Crippen LogP contribution < -0.4 is 5.73 Å². The summed E-state index contributed by atoms with van der Waals surface area (Å²) in [6.07, 6.45) is 3.34. The zero-order chi connectivity index (χ0) is 12.9. The molecular formula is C13H20N4O. The average molecular weight is 248 g/mol. The van der Waals surface area contributed by atoms with Crippen LogP contribution in [0.15, 0.2) is 0 Å². The fraction of sp³-hybridized carbons (Fsp3) is 0.692. The van der Waals surface area contributed by atoms with E-state index in [1.165, 1.54) is 0 Å². The van der Waals surface area contributed by atoms with E-state index in [0.29, 0.717) is 17.3 Å². The first kappa shape index (κ1) is 11.6. The van der Waals surface area contributed by atoms with E-state index in [1.54, 1.807) is 0 Å². The van der Waals surface area contributed by atoms with Crippen molar-refractivity contribution in [1.82, 2.24) is 15.1 Å². The molecule has 3 N–H and O–H groups in total. The van der Waals surface area contributed by atoms with E-state index in [-0.39, 0.29) is 11.3 Å². The average Bonchev–Trinajstić information content (AvgIpc) is 2.98. The van der Waals surface area contributed by atoms with Gasteiger partial charge in [0.05, 0.1) is 11.4 Å². The number of likely N-dealkylation sites (tertiary alicyclic amines) is 1. The van der Waals surface area contributed by atoms with Gasteiger partial charge in [0.2, 0.25) is 0 Å². The third-order valence-electron chi connectivity index (χ3n) is 3.99. The Kier molecular flexibility index (Phi) is 2.40. The van der Waals surface area contributed by atoms with Gasteiger partial charge in [-0.1, -0.05) is 13.8 Å². The monoisotopic (exact) mass is 248 g/mol. The molecule has 5 nitrogen and oxygen atoms in total. The van der Waals surface area contributed by atoms with Gasteiger partial charge in [-0.2, -0.15) is 5.10 Å². The van der Waals surface area contributed by atoms with E-state index in [4.69, 9.17) is 5.73 Å². The van der Waals surface area contributed by atoms with Crippen molar-refractivity contribution in [3.8, 4) is 0 Å². The molecule has 0 bridgehead atoms. The molecule has 0 atom stereocenters. The molecule has 98 valence electrons. The molecule has 2 heterocycles. The number of carbonyl (C=O) groups is 1. The van der Waals surface area contributed by atoms with Gasteiger partial charge < -0.3 is 10.6 Å². The van der Waals surface area contributed by atoms with E-state index in [1.807, 2.05) is 4.90 Å². The summed E-state index contributed by atoms with van der Waals surface area (Å²) in [7, 11) is 0. The van der Waals surface area contributed by atoms with Crippen LogP contribution in [0.2, 0.25) is 0 Å². The first-order valence-corrected chi connectivity index (χ1v) is 6.61. The fourth-order valence-electron chi connectivity index (χ4n) is 2.65. The molecule has 0 aromatic carbocycles. The van der Waals surface area contributed by atoms with Crippen molar-refractivity contribution < 1.29 is 4.79 Å². The molecule has 1 amide bonds. The van der Waals surface area contributed by atoms with Crippen LogP contribution in [0, 0.1) is 5.41 Å². The molecule has 1 aliphatic carbocycles. The zero-order valence-corrected chi connectivity index (χ0v) is 11.0. The highest BCUT2D eigenvalue weighted by Crippen LogP contribution is 2.42. The molecule has 0 radical (unpaired) electrons. The lowest BCUT2D eigenvalue weighted by Gasteiger charge is -2.19. The first-order valence-electron chi connectivity index (χ1n) is 6.61. The second-order valence-electron chi connectivity index (χ2n) is 6.31. The molecule has 18 heavy (non-hydrogen) atoms. The number of anilines is 1. The highest BCUT2D eigenvalue weighted by Gasteiger charge is 2.36. The standard InChI is InChI=1S/C13H20N4O/c1-13(2)5-6-17(7-13)12(18)11-9(14)10(15-16-11)8-3-4-8/h8H,3-7,14H2,1-2H3,(H,15,16). The van der Waals surface area contributed by atoms with Gasteiger partial charge in [-0.25, -0.2) is 0 Å². The van der Waals surface area contributed by atoms with Crippen LogP contribution in [-0.4, -0.2) is 34.1 Å². The maximum atomic E-state index is 12.4. The summed E-state index contributed by atoms with van der Waals surface area (Å²) in [5.41, 5.74) is 8.18. The Morgan fingerprint density at radius 3 is 2.78 bits per heavy atom. The summed E-state index contributed by atoms with van der Waals surface area (Å²) < 4.78 is 0. The Morgan fingerprint density at radius 1 is 1.50 bits per heavy atom. The minimum Gasteiger partial charge on any atom is -0.395 e. The Balaban J connectivity index is 1.80. The molecular weight excluding hydrogens is 228 g/mol. The first-order chi connectivity index (χ1) is 8.48. The Hall–Kier alpha value is -1.52. The van der Waals surface area contributed by atoms with Gasteiger partial charge in [-0.3, -0.25) is 9.89 Å². The van der Waals surface area contributed by atoms with Crippen molar-refractivity contribution in [2.45, 2.75) is 39.0 Å². The molecule has 3 rings (SSSR count). The second-order valence-corrected chi connectivity index (χ2v) is 6.31. The van der Waals surface area contributed by atoms with Crippen molar-refractivity contribution in [3.63, 3.8) is 0 Å². The Labute approximate surface area is 107 Å². The number of hydrogen-bond acceptors (Lipinski definition) is 3. The second kappa shape index (κ2) is 3.73. The predicted octanol–water partition coefficient (Wildman–Crippen LogP) is 1.74. The number of aromatic nitrogens is 2. The number of nitrogens with zero attached hydrogens (tertiary/aromatic N) is 2. The summed E-state index contributed by atoms with van der Waals surface area (Å²) in [5, 5.41) is 7.07. The van der Waals surface area contributed by atoms with Gasteiger partial charge in [-0.15, -0.1) is 0 Å². The number of nitrogens with two attached hydrogens (primary N) is 1. The lowest BCUT2D eigenvalue weighted by Crippen LogP contribution is -2.31. The largest absolute Gasteiger partial charge is 0.395 e. The quantitative estimate of drug-likeness (QED) is 0.837. The summed E-state index contributed by atoms with van der Waals surface area (Å²) in [6.45, 7) is 5.96. The van der Waals surface area contributed by atoms with Crippen molar-refractivity contribution >= 4 is 11.6 Å². The van der Waals surface area contributed by atoms with Gasteiger partial charge in [0, 0.05) is 19.0 Å². The number of amides is 1. The number of hydrogen-bond donors (Lipinski definition) is 2. The minimum atomic E-state index is -0.0266. The van der Waals surface area contributed by atoms with Crippen LogP contribution in [0.3, 0.4) is 0 Å². The Bertz CT molecular complexity index is 487. The lowest BCUT2D eigenvalue weighted by atomic mass is 9.93. The predicted molar refractivity (Wildman–Crippen MR) is 69.3 cm³/mol. The highest BCUT2D eigenvalue weighted by atomic mass is 16.2. The van der Waals surface area contributed by atoms with E-state index in [9.17, 15) is 4.79 Å². The number of aromatic amines is 1. The zero-order valence-electron chi connectivity index (χ0n) is 11.0. The number of H-pyrrole nitrogens is 1. The van der Waals surface area contributed by atoms with E-state index < -0.39 is 0 Å². The third kappa shape index (κ3) is 1.87. The molecule has 1 aromatic heterocycles. The SMILES string of the molecule is CC1(C)CCN(C(=O)c2n[nH]c(C3CC3)c2N)C1. The van der Waals surface area contributed by atoms with Gasteiger partial charge in [0.1, 0.15) is 0 Å². The third-order valence-corrected chi connectivity index (χ3v) is 3.99. The van der Waals surface area contributed by atoms with Crippen LogP contribution in [0.25, 0.3) is 0 Å². The van der Waals surface area contributed by atoms with Gasteiger partial charge in [0.15, 0.2) is 5.69 Å². The summed E-state index contributed by atoms with van der Waals surface area (Å²) in [5.74, 6) is 0.468. The molecule has 1 aliphatic heterocycles. The topological polar surface area (TPSA) is 75.0 Å². The van der Waals surface area contributed by atoms with Gasteiger partial charge >= 0.3 is 0 Å². The summed E-state index contributed by atoms with van der Waals surface area (Å²) in [4.78, 5) is 14.2. The van der Waals surface area contributed by atoms with E-state index in [2.05, 4.69) is 24.0 Å². The normalized spacial score (nSPS) is 22.4. The smallest absolute Gasteiger partial charge is 0.276 e. The van der Waals surface area contributed by atoms with Crippen LogP contribution in [0.5, 0.6) is 0 Å². The minimum absolute atomic E-state index is 0.0266. The van der Waals surface area contributed by atoms with Crippen molar-refractivity contribution in [2.24, 2.45) is 5.41 Å². The molecule has 1 saturated heterocycles. The number of carbonyl (C=O) groups excluding carboxylic acids is 1.